The number of anilines is 1. The molecule has 1 saturated heterocycles. The molecule has 0 spiro atoms. The third-order valence-corrected chi connectivity index (χ3v) is 3.80. The molecule has 0 aromatic carbocycles. The Balaban J connectivity index is 1.94. The number of hydrogen-bond acceptors (Lipinski definition) is 6. The second kappa shape index (κ2) is 5.34. The SMILES string of the molecule is CC1CC(CCCO)C(n2cnc3c(N)ncnc32)O1. The van der Waals surface area contributed by atoms with Crippen molar-refractivity contribution >= 4 is 17.0 Å². The van der Waals surface area contributed by atoms with Crippen LogP contribution in [0.15, 0.2) is 12.7 Å². The maximum atomic E-state index is 9.02. The minimum Gasteiger partial charge on any atom is -0.396 e. The Morgan fingerprint density at radius 2 is 2.30 bits per heavy atom. The first-order valence-corrected chi connectivity index (χ1v) is 6.90. The van der Waals surface area contributed by atoms with Crippen LogP contribution in [-0.2, 0) is 4.74 Å². The molecule has 1 aliphatic rings. The van der Waals surface area contributed by atoms with Crippen LogP contribution < -0.4 is 5.73 Å². The Morgan fingerprint density at radius 1 is 1.45 bits per heavy atom. The quantitative estimate of drug-likeness (QED) is 0.868. The van der Waals surface area contributed by atoms with Gasteiger partial charge in [-0.1, -0.05) is 0 Å². The summed E-state index contributed by atoms with van der Waals surface area (Å²) in [6.45, 7) is 2.27. The summed E-state index contributed by atoms with van der Waals surface area (Å²) in [5, 5.41) is 9.02. The van der Waals surface area contributed by atoms with Gasteiger partial charge >= 0.3 is 0 Å². The van der Waals surface area contributed by atoms with Gasteiger partial charge in [-0.25, -0.2) is 15.0 Å². The summed E-state index contributed by atoms with van der Waals surface area (Å²) in [5.74, 6) is 0.734. The Labute approximate surface area is 116 Å². The number of aliphatic hydroxyl groups is 1. The first-order chi connectivity index (χ1) is 9.70. The van der Waals surface area contributed by atoms with Crippen LogP contribution in [0.25, 0.3) is 11.2 Å². The molecule has 0 radical (unpaired) electrons. The summed E-state index contributed by atoms with van der Waals surface area (Å²) >= 11 is 0. The summed E-state index contributed by atoms with van der Waals surface area (Å²) in [5.41, 5.74) is 7.12. The summed E-state index contributed by atoms with van der Waals surface area (Å²) in [7, 11) is 0. The number of aliphatic hydroxyl groups excluding tert-OH is 1. The molecular formula is C13H19N5O2. The standard InChI is InChI=1S/C13H19N5O2/c1-8-5-9(3-2-4-19)13(20-8)18-7-17-10-11(14)15-6-16-12(10)18/h6-9,13,19H,2-5H2,1H3,(H2,14,15,16). The zero-order valence-corrected chi connectivity index (χ0v) is 11.4. The Bertz CT molecular complexity index is 599. The van der Waals surface area contributed by atoms with Crippen LogP contribution in [0.3, 0.4) is 0 Å². The van der Waals surface area contributed by atoms with E-state index in [4.69, 9.17) is 15.6 Å². The van der Waals surface area contributed by atoms with Crippen LogP contribution in [0.2, 0.25) is 0 Å². The second-order valence-electron chi connectivity index (χ2n) is 5.28. The first-order valence-electron chi connectivity index (χ1n) is 6.90. The highest BCUT2D eigenvalue weighted by atomic mass is 16.5. The molecule has 3 N–H and O–H groups in total. The molecule has 0 aliphatic carbocycles. The molecule has 0 amide bonds. The highest BCUT2D eigenvalue weighted by molar-refractivity contribution is 5.81. The van der Waals surface area contributed by atoms with Gasteiger partial charge in [0.1, 0.15) is 18.1 Å². The molecule has 0 saturated carbocycles. The van der Waals surface area contributed by atoms with Gasteiger partial charge in [0, 0.05) is 12.5 Å². The minimum absolute atomic E-state index is 0.101. The van der Waals surface area contributed by atoms with Gasteiger partial charge in [0.2, 0.25) is 0 Å². The summed E-state index contributed by atoms with van der Waals surface area (Å²) in [4.78, 5) is 12.5. The number of rotatable bonds is 4. The van der Waals surface area contributed by atoms with E-state index in [-0.39, 0.29) is 18.9 Å². The van der Waals surface area contributed by atoms with Crippen molar-refractivity contribution in [3.63, 3.8) is 0 Å². The number of fused-ring (bicyclic) bond motifs is 1. The summed E-state index contributed by atoms with van der Waals surface area (Å²) in [6, 6.07) is 0. The third kappa shape index (κ3) is 2.23. The monoisotopic (exact) mass is 277 g/mol. The van der Waals surface area contributed by atoms with E-state index in [0.29, 0.717) is 22.9 Å². The van der Waals surface area contributed by atoms with Gasteiger partial charge in [0.05, 0.1) is 12.4 Å². The molecule has 2 aromatic heterocycles. The molecule has 7 heteroatoms. The normalized spacial score (nSPS) is 26.4. The molecule has 3 heterocycles. The van der Waals surface area contributed by atoms with Crippen molar-refractivity contribution in [1.82, 2.24) is 19.5 Å². The van der Waals surface area contributed by atoms with Crippen LogP contribution in [0, 0.1) is 5.92 Å². The van der Waals surface area contributed by atoms with Gasteiger partial charge < -0.3 is 15.6 Å². The Hall–Kier alpha value is -1.73. The van der Waals surface area contributed by atoms with Crippen molar-refractivity contribution < 1.29 is 9.84 Å². The predicted molar refractivity (Wildman–Crippen MR) is 73.7 cm³/mol. The number of nitrogens with zero attached hydrogens (tertiary/aromatic N) is 4. The van der Waals surface area contributed by atoms with Crippen LogP contribution in [0.1, 0.15) is 32.4 Å². The van der Waals surface area contributed by atoms with E-state index >= 15 is 0 Å². The molecule has 2 aromatic rings. The zero-order valence-electron chi connectivity index (χ0n) is 11.4. The highest BCUT2D eigenvalue weighted by Gasteiger charge is 2.34. The van der Waals surface area contributed by atoms with Gasteiger partial charge in [-0.05, 0) is 26.2 Å². The number of imidazole rings is 1. The van der Waals surface area contributed by atoms with Crippen molar-refractivity contribution in [3.8, 4) is 0 Å². The Kier molecular flexibility index (Phi) is 3.54. The van der Waals surface area contributed by atoms with E-state index in [1.54, 1.807) is 6.33 Å². The van der Waals surface area contributed by atoms with E-state index in [1.165, 1.54) is 6.33 Å². The smallest absolute Gasteiger partial charge is 0.167 e. The molecule has 108 valence electrons. The number of ether oxygens (including phenoxy) is 1. The Morgan fingerprint density at radius 3 is 3.10 bits per heavy atom. The molecule has 0 bridgehead atoms. The first kappa shape index (κ1) is 13.3. The number of aromatic nitrogens is 4. The lowest BCUT2D eigenvalue weighted by Gasteiger charge is -2.19. The fraction of sp³-hybridized carbons (Fsp3) is 0.615. The average molecular weight is 277 g/mol. The van der Waals surface area contributed by atoms with E-state index in [2.05, 4.69) is 21.9 Å². The summed E-state index contributed by atoms with van der Waals surface area (Å²) in [6.07, 6.45) is 5.93. The van der Waals surface area contributed by atoms with Gasteiger partial charge in [-0.2, -0.15) is 0 Å². The van der Waals surface area contributed by atoms with E-state index in [1.807, 2.05) is 4.57 Å². The lowest BCUT2D eigenvalue weighted by atomic mass is 9.98. The molecule has 1 fully saturated rings. The molecular weight excluding hydrogens is 258 g/mol. The lowest BCUT2D eigenvalue weighted by Crippen LogP contribution is -2.16. The second-order valence-corrected chi connectivity index (χ2v) is 5.28. The molecule has 3 rings (SSSR count). The molecule has 1 aliphatic heterocycles. The van der Waals surface area contributed by atoms with E-state index < -0.39 is 0 Å². The van der Waals surface area contributed by atoms with Crippen LogP contribution in [0.4, 0.5) is 5.82 Å². The highest BCUT2D eigenvalue weighted by Crippen LogP contribution is 2.38. The number of nitrogens with two attached hydrogens (primary N) is 1. The molecule has 7 nitrogen and oxygen atoms in total. The van der Waals surface area contributed by atoms with Gasteiger partial charge in [0.25, 0.3) is 0 Å². The third-order valence-electron chi connectivity index (χ3n) is 3.80. The maximum absolute atomic E-state index is 9.02. The van der Waals surface area contributed by atoms with E-state index in [9.17, 15) is 0 Å². The average Bonchev–Trinajstić information content (AvgIpc) is 3.00. The fourth-order valence-corrected chi connectivity index (χ4v) is 2.91. The predicted octanol–water partition coefficient (Wildman–Crippen LogP) is 1.10. The van der Waals surface area contributed by atoms with Crippen molar-refractivity contribution in [3.05, 3.63) is 12.7 Å². The largest absolute Gasteiger partial charge is 0.396 e. The van der Waals surface area contributed by atoms with Crippen molar-refractivity contribution in [1.29, 1.82) is 0 Å². The zero-order chi connectivity index (χ0) is 14.1. The summed E-state index contributed by atoms with van der Waals surface area (Å²) < 4.78 is 7.93. The lowest BCUT2D eigenvalue weighted by molar-refractivity contribution is -0.00467. The van der Waals surface area contributed by atoms with Crippen LogP contribution >= 0.6 is 0 Å². The van der Waals surface area contributed by atoms with Gasteiger partial charge in [-0.3, -0.25) is 4.57 Å². The molecule has 3 atom stereocenters. The van der Waals surface area contributed by atoms with Crippen molar-refractivity contribution in [2.45, 2.75) is 38.5 Å². The fourth-order valence-electron chi connectivity index (χ4n) is 2.91. The van der Waals surface area contributed by atoms with Crippen LogP contribution in [-0.4, -0.2) is 37.3 Å². The number of hydrogen-bond donors (Lipinski definition) is 2. The van der Waals surface area contributed by atoms with Crippen molar-refractivity contribution in [2.75, 3.05) is 12.3 Å². The van der Waals surface area contributed by atoms with Crippen molar-refractivity contribution in [2.24, 2.45) is 5.92 Å². The minimum atomic E-state index is -0.101. The maximum Gasteiger partial charge on any atom is 0.167 e. The van der Waals surface area contributed by atoms with E-state index in [0.717, 1.165) is 19.3 Å². The molecule has 3 unspecified atom stereocenters. The number of nitrogen functional groups attached to an aromatic ring is 1. The molecule has 20 heavy (non-hydrogen) atoms. The topological polar surface area (TPSA) is 99.1 Å². The van der Waals surface area contributed by atoms with Crippen LogP contribution in [0.5, 0.6) is 0 Å². The van der Waals surface area contributed by atoms with Gasteiger partial charge in [-0.15, -0.1) is 0 Å². The van der Waals surface area contributed by atoms with Gasteiger partial charge in [0.15, 0.2) is 11.5 Å².